The molecule has 0 radical (unpaired) electrons. The molecule has 0 atom stereocenters. The van der Waals surface area contributed by atoms with Gasteiger partial charge in [-0.05, 0) is 5.22 Å². The average molecular weight is 186 g/mol. The van der Waals surface area contributed by atoms with E-state index in [2.05, 4.69) is 34.9 Å². The topological polar surface area (TPSA) is 86.4 Å². The van der Waals surface area contributed by atoms with Crippen LogP contribution in [0.15, 0.2) is 15.5 Å². The van der Waals surface area contributed by atoms with E-state index in [1.165, 1.54) is 0 Å². The molecule has 0 aliphatic rings. The minimum atomic E-state index is 0.574. The first-order valence-corrected chi connectivity index (χ1v) is 4.29. The van der Waals surface area contributed by atoms with Gasteiger partial charge in [-0.15, -0.1) is 11.6 Å². The number of hydrogen-bond donors (Lipinski definition) is 1. The normalized spacial score (nSPS) is 11.9. The van der Waals surface area contributed by atoms with Gasteiger partial charge in [0.1, 0.15) is 0 Å². The molecule has 0 rings (SSSR count). The van der Waals surface area contributed by atoms with Crippen LogP contribution in [0.1, 0.15) is 26.7 Å². The van der Waals surface area contributed by atoms with E-state index < -0.39 is 0 Å². The molecule has 76 valence electrons. The molecule has 0 saturated heterocycles. The molecule has 0 bridgehead atoms. The standard InChI is InChI=1S/C7H16N5O/c1-3-7(4-2)5-10-13-6-9-12-11-8/h6-7H,3-5H2,1-2H3,(H2,8,12)/q-1/b9-6+. The predicted octanol–water partition coefficient (Wildman–Crippen LogP) is 2.00. The van der Waals surface area contributed by atoms with Crippen molar-refractivity contribution in [2.24, 2.45) is 27.3 Å². The molecule has 0 aliphatic carbocycles. The second kappa shape index (κ2) is 8.92. The zero-order valence-corrected chi connectivity index (χ0v) is 8.05. The first-order chi connectivity index (χ1) is 6.35. The van der Waals surface area contributed by atoms with Crippen LogP contribution in [0.3, 0.4) is 0 Å². The Kier molecular flexibility index (Phi) is 8.12. The number of hydroxylamine groups is 1. The van der Waals surface area contributed by atoms with Gasteiger partial charge in [-0.2, -0.15) is 0 Å². The highest BCUT2D eigenvalue weighted by molar-refractivity contribution is 5.46. The summed E-state index contributed by atoms with van der Waals surface area (Å²) in [5.74, 6) is 5.27. The molecule has 0 aromatic rings. The van der Waals surface area contributed by atoms with Crippen LogP contribution < -0.4 is 5.84 Å². The van der Waals surface area contributed by atoms with Crippen molar-refractivity contribution in [3.63, 3.8) is 0 Å². The highest BCUT2D eigenvalue weighted by atomic mass is 16.6. The second-order valence-corrected chi connectivity index (χ2v) is 2.53. The maximum absolute atomic E-state index is 4.69. The van der Waals surface area contributed by atoms with Crippen LogP contribution in [-0.4, -0.2) is 12.9 Å². The molecule has 6 nitrogen and oxygen atoms in total. The molecule has 0 amide bonds. The molecular formula is C7H16N5O-. The summed E-state index contributed by atoms with van der Waals surface area (Å²) in [5, 5.41) is 9.35. The molecule has 0 aliphatic heterocycles. The van der Waals surface area contributed by atoms with Crippen LogP contribution in [0.2, 0.25) is 0 Å². The van der Waals surface area contributed by atoms with Gasteiger partial charge in [0.2, 0.25) is 0 Å². The summed E-state index contributed by atoms with van der Waals surface area (Å²) in [6.07, 6.45) is 3.30. The highest BCUT2D eigenvalue weighted by Gasteiger charge is 1.94. The Morgan fingerprint density at radius 1 is 1.46 bits per heavy atom. The molecular weight excluding hydrogens is 170 g/mol. The Morgan fingerprint density at radius 3 is 2.69 bits per heavy atom. The molecule has 0 heterocycles. The highest BCUT2D eigenvalue weighted by Crippen LogP contribution is 2.09. The third-order valence-electron chi connectivity index (χ3n) is 1.76. The first-order valence-electron chi connectivity index (χ1n) is 4.29. The molecule has 0 fully saturated rings. The van der Waals surface area contributed by atoms with Gasteiger partial charge in [-0.3, -0.25) is 0 Å². The Bertz CT molecular complexity index is 155. The minimum Gasteiger partial charge on any atom is -0.578 e. The van der Waals surface area contributed by atoms with E-state index in [0.29, 0.717) is 12.5 Å². The molecule has 0 aromatic heterocycles. The smallest absolute Gasteiger partial charge is 0.181 e. The van der Waals surface area contributed by atoms with Crippen LogP contribution in [0.5, 0.6) is 0 Å². The van der Waals surface area contributed by atoms with Crippen molar-refractivity contribution in [2.45, 2.75) is 26.7 Å². The quantitative estimate of drug-likeness (QED) is 0.164. The summed E-state index contributed by atoms with van der Waals surface area (Å²) < 4.78 is 0. The van der Waals surface area contributed by atoms with Crippen molar-refractivity contribution in [1.29, 1.82) is 0 Å². The maximum atomic E-state index is 4.69. The first kappa shape index (κ1) is 11.8. The lowest BCUT2D eigenvalue weighted by Gasteiger charge is -2.23. The fourth-order valence-corrected chi connectivity index (χ4v) is 0.801. The molecule has 0 spiro atoms. The van der Waals surface area contributed by atoms with Crippen LogP contribution in [0.25, 0.3) is 5.48 Å². The fraction of sp³-hybridized carbons (Fsp3) is 0.857. The van der Waals surface area contributed by atoms with E-state index in [1.807, 2.05) is 0 Å². The van der Waals surface area contributed by atoms with Gasteiger partial charge in [0.05, 0.1) is 0 Å². The van der Waals surface area contributed by atoms with Crippen LogP contribution in [-0.2, 0) is 4.84 Å². The van der Waals surface area contributed by atoms with Crippen molar-refractivity contribution in [2.75, 3.05) is 6.54 Å². The van der Waals surface area contributed by atoms with E-state index in [0.717, 1.165) is 19.2 Å². The predicted molar refractivity (Wildman–Crippen MR) is 50.9 cm³/mol. The van der Waals surface area contributed by atoms with Gasteiger partial charge in [0.15, 0.2) is 6.40 Å². The minimum absolute atomic E-state index is 0.574. The van der Waals surface area contributed by atoms with E-state index >= 15 is 0 Å². The van der Waals surface area contributed by atoms with Crippen molar-refractivity contribution in [3.05, 3.63) is 5.48 Å². The lowest BCUT2D eigenvalue weighted by Crippen LogP contribution is -2.03. The number of hydrogen-bond acceptors (Lipinski definition) is 3. The maximum Gasteiger partial charge on any atom is 0.181 e. The Labute approximate surface area is 78.2 Å². The lowest BCUT2D eigenvalue weighted by molar-refractivity contribution is 0.383. The molecule has 13 heavy (non-hydrogen) atoms. The molecule has 0 aromatic carbocycles. The van der Waals surface area contributed by atoms with Crippen molar-refractivity contribution < 1.29 is 4.84 Å². The summed E-state index contributed by atoms with van der Waals surface area (Å²) in [7, 11) is 0. The van der Waals surface area contributed by atoms with Crippen molar-refractivity contribution >= 4 is 6.40 Å². The third kappa shape index (κ3) is 7.20. The third-order valence-corrected chi connectivity index (χ3v) is 1.76. The Morgan fingerprint density at radius 2 is 2.15 bits per heavy atom. The van der Waals surface area contributed by atoms with Gasteiger partial charge in [0.25, 0.3) is 0 Å². The molecule has 0 unspecified atom stereocenters. The van der Waals surface area contributed by atoms with Gasteiger partial charge < -0.3 is 16.2 Å². The summed E-state index contributed by atoms with van der Waals surface area (Å²) in [5.41, 5.74) is 3.79. The zero-order valence-electron chi connectivity index (χ0n) is 8.05. The average Bonchev–Trinajstić information content (AvgIpc) is 2.17. The van der Waals surface area contributed by atoms with Crippen LogP contribution >= 0.6 is 0 Å². The SMILES string of the molecule is CCC(CC)C[N-]O/C=N/N=N/N. The van der Waals surface area contributed by atoms with Gasteiger partial charge in [0, 0.05) is 0 Å². The largest absolute Gasteiger partial charge is 0.578 e. The Balaban J connectivity index is 3.33. The number of nitrogens with two attached hydrogens (primary N) is 1. The number of nitrogens with zero attached hydrogens (tertiary/aromatic N) is 4. The summed E-state index contributed by atoms with van der Waals surface area (Å²) >= 11 is 0. The monoisotopic (exact) mass is 186 g/mol. The van der Waals surface area contributed by atoms with E-state index in [1.54, 1.807) is 0 Å². The van der Waals surface area contributed by atoms with E-state index in [9.17, 15) is 0 Å². The van der Waals surface area contributed by atoms with Crippen molar-refractivity contribution in [1.82, 2.24) is 0 Å². The van der Waals surface area contributed by atoms with Gasteiger partial charge in [-0.25, -0.2) is 0 Å². The van der Waals surface area contributed by atoms with Gasteiger partial charge >= 0.3 is 0 Å². The van der Waals surface area contributed by atoms with E-state index in [4.69, 9.17) is 10.7 Å². The molecule has 6 heteroatoms. The number of rotatable bonds is 7. The van der Waals surface area contributed by atoms with E-state index in [-0.39, 0.29) is 0 Å². The van der Waals surface area contributed by atoms with Gasteiger partial charge in [-0.1, -0.05) is 37.8 Å². The molecule has 2 N–H and O–H groups in total. The van der Waals surface area contributed by atoms with Crippen molar-refractivity contribution in [3.8, 4) is 0 Å². The Hall–Kier alpha value is -1.17. The fourth-order valence-electron chi connectivity index (χ4n) is 0.801. The lowest BCUT2D eigenvalue weighted by atomic mass is 10.0. The van der Waals surface area contributed by atoms with Crippen LogP contribution in [0, 0.1) is 5.92 Å². The summed E-state index contributed by atoms with van der Waals surface area (Å²) in [6.45, 7) is 4.93. The summed E-state index contributed by atoms with van der Waals surface area (Å²) in [4.78, 5) is 4.69. The zero-order chi connectivity index (χ0) is 9.94. The molecule has 0 saturated carbocycles. The second-order valence-electron chi connectivity index (χ2n) is 2.53. The summed E-state index contributed by atoms with van der Waals surface area (Å²) in [6, 6.07) is 0. The van der Waals surface area contributed by atoms with Crippen LogP contribution in [0.4, 0.5) is 0 Å².